The van der Waals surface area contributed by atoms with E-state index in [-0.39, 0.29) is 0 Å². The van der Waals surface area contributed by atoms with Crippen molar-refractivity contribution in [1.82, 2.24) is 0 Å². The lowest BCUT2D eigenvalue weighted by molar-refractivity contribution is 0.412. The maximum absolute atomic E-state index is 5.34. The van der Waals surface area contributed by atoms with E-state index in [1.807, 2.05) is 12.1 Å². The summed E-state index contributed by atoms with van der Waals surface area (Å²) < 4.78 is 5.34. The Balaban J connectivity index is 2.57. The van der Waals surface area contributed by atoms with E-state index < -0.39 is 0 Å². The minimum atomic E-state index is 0.398. The second-order valence-electron chi connectivity index (χ2n) is 3.76. The van der Waals surface area contributed by atoms with Crippen molar-refractivity contribution < 1.29 is 4.74 Å². The number of rotatable bonds is 1. The zero-order valence-electron chi connectivity index (χ0n) is 8.87. The lowest BCUT2D eigenvalue weighted by Gasteiger charge is -2.21. The number of hydrogen-bond donors (Lipinski definition) is 0. The molecule has 2 rings (SSSR count). The first kappa shape index (κ1) is 9.25. The van der Waals surface area contributed by atoms with E-state index in [0.29, 0.717) is 6.04 Å². The Morgan fingerprint density at radius 1 is 1.43 bits per heavy atom. The highest BCUT2D eigenvalue weighted by molar-refractivity contribution is 6.03. The minimum absolute atomic E-state index is 0.398. The van der Waals surface area contributed by atoms with Crippen LogP contribution in [0.25, 0.3) is 0 Å². The van der Waals surface area contributed by atoms with Crippen molar-refractivity contribution >= 4 is 5.71 Å². The molecule has 0 fully saturated rings. The predicted molar refractivity (Wildman–Crippen MR) is 58.4 cm³/mol. The van der Waals surface area contributed by atoms with Crippen LogP contribution >= 0.6 is 0 Å². The SMILES string of the molecule is COc1cccc2c1C(C)=N[C@H](C)C2. The Morgan fingerprint density at radius 3 is 2.93 bits per heavy atom. The van der Waals surface area contributed by atoms with E-state index in [1.54, 1.807) is 7.11 Å². The number of ether oxygens (including phenoxy) is 1. The topological polar surface area (TPSA) is 21.6 Å². The van der Waals surface area contributed by atoms with Gasteiger partial charge in [-0.05, 0) is 31.9 Å². The largest absolute Gasteiger partial charge is 0.496 e. The van der Waals surface area contributed by atoms with Crippen molar-refractivity contribution in [2.45, 2.75) is 26.3 Å². The molecule has 1 aliphatic heterocycles. The number of hydrogen-bond acceptors (Lipinski definition) is 2. The first-order valence-corrected chi connectivity index (χ1v) is 4.93. The summed E-state index contributed by atoms with van der Waals surface area (Å²) in [4.78, 5) is 4.57. The molecule has 0 radical (unpaired) electrons. The molecule has 0 aliphatic carbocycles. The number of aliphatic imine (C=N–C) groups is 1. The van der Waals surface area contributed by atoms with E-state index in [0.717, 1.165) is 17.9 Å². The molecule has 2 heteroatoms. The van der Waals surface area contributed by atoms with E-state index in [9.17, 15) is 0 Å². The molecule has 0 bridgehead atoms. The summed E-state index contributed by atoms with van der Waals surface area (Å²) in [6.07, 6.45) is 1.02. The lowest BCUT2D eigenvalue weighted by atomic mass is 9.94. The van der Waals surface area contributed by atoms with E-state index in [2.05, 4.69) is 24.9 Å². The van der Waals surface area contributed by atoms with Crippen LogP contribution in [0.1, 0.15) is 25.0 Å². The molecule has 1 aliphatic rings. The molecular formula is C12H15NO. The number of fused-ring (bicyclic) bond motifs is 1. The smallest absolute Gasteiger partial charge is 0.128 e. The zero-order valence-corrected chi connectivity index (χ0v) is 8.87. The summed E-state index contributed by atoms with van der Waals surface area (Å²) in [5.41, 5.74) is 3.63. The van der Waals surface area contributed by atoms with Gasteiger partial charge in [-0.15, -0.1) is 0 Å². The van der Waals surface area contributed by atoms with Gasteiger partial charge in [0.15, 0.2) is 0 Å². The average molecular weight is 189 g/mol. The summed E-state index contributed by atoms with van der Waals surface area (Å²) >= 11 is 0. The van der Waals surface area contributed by atoms with Crippen molar-refractivity contribution in [2.75, 3.05) is 7.11 Å². The van der Waals surface area contributed by atoms with Gasteiger partial charge in [0.1, 0.15) is 5.75 Å². The quantitative estimate of drug-likeness (QED) is 0.665. The summed E-state index contributed by atoms with van der Waals surface area (Å²) in [5, 5.41) is 0. The first-order valence-electron chi connectivity index (χ1n) is 4.93. The van der Waals surface area contributed by atoms with Crippen LogP contribution in [0, 0.1) is 0 Å². The molecule has 0 saturated carbocycles. The molecule has 14 heavy (non-hydrogen) atoms. The molecule has 74 valence electrons. The van der Waals surface area contributed by atoms with Crippen LogP contribution < -0.4 is 4.74 Å². The van der Waals surface area contributed by atoms with Crippen LogP contribution in [-0.2, 0) is 6.42 Å². The molecular weight excluding hydrogens is 174 g/mol. The molecule has 0 spiro atoms. The van der Waals surface area contributed by atoms with Crippen LogP contribution in [-0.4, -0.2) is 18.9 Å². The van der Waals surface area contributed by atoms with Gasteiger partial charge >= 0.3 is 0 Å². The van der Waals surface area contributed by atoms with Gasteiger partial charge in [-0.1, -0.05) is 12.1 Å². The number of nitrogens with zero attached hydrogens (tertiary/aromatic N) is 1. The fourth-order valence-electron chi connectivity index (χ4n) is 2.09. The summed E-state index contributed by atoms with van der Waals surface area (Å²) in [6, 6.07) is 6.60. The standard InChI is InChI=1S/C12H15NO/c1-8-7-10-5-4-6-11(14-3)12(10)9(2)13-8/h4-6,8H,7H2,1-3H3/t8-/m1/s1. The van der Waals surface area contributed by atoms with Crippen molar-refractivity contribution in [3.05, 3.63) is 29.3 Å². The van der Waals surface area contributed by atoms with Crippen LogP contribution in [0.15, 0.2) is 23.2 Å². The van der Waals surface area contributed by atoms with Gasteiger partial charge in [0.2, 0.25) is 0 Å². The third kappa shape index (κ3) is 1.41. The maximum Gasteiger partial charge on any atom is 0.128 e. The van der Waals surface area contributed by atoms with Gasteiger partial charge in [0.25, 0.3) is 0 Å². The lowest BCUT2D eigenvalue weighted by Crippen LogP contribution is -2.17. The van der Waals surface area contributed by atoms with Crippen LogP contribution in [0.5, 0.6) is 5.75 Å². The van der Waals surface area contributed by atoms with Crippen molar-refractivity contribution in [3.8, 4) is 5.75 Å². The van der Waals surface area contributed by atoms with Gasteiger partial charge in [-0.3, -0.25) is 4.99 Å². The van der Waals surface area contributed by atoms with Gasteiger partial charge in [0.05, 0.1) is 13.2 Å². The Kier molecular flexibility index (Phi) is 2.28. The van der Waals surface area contributed by atoms with Gasteiger partial charge in [-0.2, -0.15) is 0 Å². The number of methoxy groups -OCH3 is 1. The molecule has 0 aromatic heterocycles. The first-order chi connectivity index (χ1) is 6.72. The highest BCUT2D eigenvalue weighted by Crippen LogP contribution is 2.27. The zero-order chi connectivity index (χ0) is 10.1. The second-order valence-corrected chi connectivity index (χ2v) is 3.76. The molecule has 0 amide bonds. The minimum Gasteiger partial charge on any atom is -0.496 e. The van der Waals surface area contributed by atoms with Crippen LogP contribution in [0.4, 0.5) is 0 Å². The van der Waals surface area contributed by atoms with Gasteiger partial charge < -0.3 is 4.74 Å². The van der Waals surface area contributed by atoms with E-state index >= 15 is 0 Å². The monoisotopic (exact) mass is 189 g/mol. The van der Waals surface area contributed by atoms with Gasteiger partial charge in [-0.25, -0.2) is 0 Å². The predicted octanol–water partition coefficient (Wildman–Crippen LogP) is 2.45. The molecule has 2 nitrogen and oxygen atoms in total. The third-order valence-corrected chi connectivity index (χ3v) is 2.62. The normalized spacial score (nSPS) is 19.9. The van der Waals surface area contributed by atoms with Crippen molar-refractivity contribution in [1.29, 1.82) is 0 Å². The maximum atomic E-state index is 5.34. The van der Waals surface area contributed by atoms with E-state index in [4.69, 9.17) is 4.74 Å². The Bertz CT molecular complexity index is 382. The Labute approximate surface area is 84.6 Å². The molecule has 0 N–H and O–H groups in total. The highest BCUT2D eigenvalue weighted by Gasteiger charge is 2.18. The molecule has 0 unspecified atom stereocenters. The van der Waals surface area contributed by atoms with Gasteiger partial charge in [0, 0.05) is 11.3 Å². The van der Waals surface area contributed by atoms with Crippen molar-refractivity contribution in [3.63, 3.8) is 0 Å². The Morgan fingerprint density at radius 2 is 2.21 bits per heavy atom. The molecule has 1 aromatic carbocycles. The average Bonchev–Trinajstić information content (AvgIpc) is 2.16. The summed E-state index contributed by atoms with van der Waals surface area (Å²) in [5.74, 6) is 0.940. The fraction of sp³-hybridized carbons (Fsp3) is 0.417. The molecule has 1 atom stereocenters. The second kappa shape index (κ2) is 3.45. The molecule has 1 aromatic rings. The molecule has 1 heterocycles. The molecule has 0 saturated heterocycles. The highest BCUT2D eigenvalue weighted by atomic mass is 16.5. The third-order valence-electron chi connectivity index (χ3n) is 2.62. The fourth-order valence-corrected chi connectivity index (χ4v) is 2.09. The Hall–Kier alpha value is -1.31. The van der Waals surface area contributed by atoms with E-state index in [1.165, 1.54) is 11.1 Å². The van der Waals surface area contributed by atoms with Crippen LogP contribution in [0.2, 0.25) is 0 Å². The number of benzene rings is 1. The summed E-state index contributed by atoms with van der Waals surface area (Å²) in [6.45, 7) is 4.20. The summed E-state index contributed by atoms with van der Waals surface area (Å²) in [7, 11) is 1.71. The van der Waals surface area contributed by atoms with Crippen LogP contribution in [0.3, 0.4) is 0 Å². The van der Waals surface area contributed by atoms with Crippen molar-refractivity contribution in [2.24, 2.45) is 4.99 Å².